The van der Waals surface area contributed by atoms with Crippen LogP contribution in [-0.4, -0.2) is 29.6 Å². The average molecular weight is 377 g/mol. The molecule has 4 nitrogen and oxygen atoms in total. The standard InChI is InChI=1S/C16H21ClF2N2O2.C2H6/c1-3-11(22)23-16-12(9(2)5-4-6-10-7-8-10)13(17)20-15(21-16)14(18)19;1-2/h3,9-10,12,14,16H,1,4-8H2,2H3;1-2H3. The number of amidine groups is 1. The molecular formula is C18H27ClF2N2O2. The van der Waals surface area contributed by atoms with Crippen LogP contribution in [0.3, 0.4) is 0 Å². The molecule has 1 aliphatic heterocycles. The van der Waals surface area contributed by atoms with Gasteiger partial charge in [-0.2, -0.15) is 0 Å². The average Bonchev–Trinajstić information content (AvgIpc) is 3.40. The number of nitrogens with zero attached hydrogens (tertiary/aromatic N) is 2. The summed E-state index contributed by atoms with van der Waals surface area (Å²) in [6.45, 7) is 9.26. The van der Waals surface area contributed by atoms with Gasteiger partial charge in [0.05, 0.1) is 5.92 Å². The molecule has 0 aromatic rings. The Bertz CT molecular complexity index is 519. The highest BCUT2D eigenvalue weighted by Gasteiger charge is 2.37. The first-order chi connectivity index (χ1) is 11.9. The van der Waals surface area contributed by atoms with Gasteiger partial charge < -0.3 is 4.74 Å². The van der Waals surface area contributed by atoms with E-state index in [1.807, 2.05) is 20.8 Å². The normalized spacial score (nSPS) is 23.8. The van der Waals surface area contributed by atoms with Crippen LogP contribution in [0.2, 0.25) is 0 Å². The Morgan fingerprint density at radius 1 is 1.44 bits per heavy atom. The Hall–Kier alpha value is -1.30. The van der Waals surface area contributed by atoms with E-state index in [0.717, 1.165) is 31.3 Å². The number of alkyl halides is 2. The maximum atomic E-state index is 12.9. The number of halogens is 3. The SMILES string of the molecule is C=CC(=O)OC1N=C(C(F)F)N=C(Cl)C1C(C)CCCC1CC1.CC. The fourth-order valence-electron chi connectivity index (χ4n) is 2.74. The first-order valence-electron chi connectivity index (χ1n) is 8.85. The molecule has 25 heavy (non-hydrogen) atoms. The van der Waals surface area contributed by atoms with Gasteiger partial charge >= 0.3 is 5.97 Å². The molecule has 2 rings (SSSR count). The molecule has 0 bridgehead atoms. The fraction of sp³-hybridized carbons (Fsp3) is 0.722. The summed E-state index contributed by atoms with van der Waals surface area (Å²) in [5.74, 6) is -1.05. The summed E-state index contributed by atoms with van der Waals surface area (Å²) in [7, 11) is 0. The Morgan fingerprint density at radius 2 is 2.08 bits per heavy atom. The second kappa shape index (κ2) is 10.6. The van der Waals surface area contributed by atoms with Crippen LogP contribution in [0.4, 0.5) is 8.78 Å². The van der Waals surface area contributed by atoms with Gasteiger partial charge in [-0.25, -0.2) is 23.6 Å². The molecule has 0 N–H and O–H groups in total. The number of ether oxygens (including phenoxy) is 1. The minimum absolute atomic E-state index is 0.0237. The molecule has 0 aromatic carbocycles. The molecule has 0 spiro atoms. The Kier molecular flexibility index (Phi) is 9.25. The molecule has 0 saturated heterocycles. The molecule has 142 valence electrons. The first-order valence-corrected chi connectivity index (χ1v) is 9.23. The lowest BCUT2D eigenvalue weighted by atomic mass is 9.87. The Labute approximate surface area is 153 Å². The van der Waals surface area contributed by atoms with Crippen molar-refractivity contribution in [3.05, 3.63) is 12.7 Å². The second-order valence-corrected chi connectivity index (χ2v) is 6.52. The summed E-state index contributed by atoms with van der Waals surface area (Å²) in [6, 6.07) is 0. The maximum Gasteiger partial charge on any atom is 0.332 e. The third kappa shape index (κ3) is 6.84. The van der Waals surface area contributed by atoms with Gasteiger partial charge in [0.25, 0.3) is 6.43 Å². The molecule has 0 amide bonds. The molecule has 1 aliphatic carbocycles. The topological polar surface area (TPSA) is 51.0 Å². The molecule has 3 unspecified atom stereocenters. The van der Waals surface area contributed by atoms with E-state index in [-0.39, 0.29) is 11.1 Å². The van der Waals surface area contributed by atoms with Crippen molar-refractivity contribution in [2.24, 2.45) is 27.7 Å². The van der Waals surface area contributed by atoms with E-state index in [1.165, 1.54) is 12.8 Å². The van der Waals surface area contributed by atoms with Gasteiger partial charge in [-0.15, -0.1) is 0 Å². The largest absolute Gasteiger partial charge is 0.436 e. The van der Waals surface area contributed by atoms with Crippen LogP contribution in [0, 0.1) is 17.8 Å². The van der Waals surface area contributed by atoms with Gasteiger partial charge in [-0.1, -0.05) is 64.6 Å². The third-order valence-corrected chi connectivity index (χ3v) is 4.58. The van der Waals surface area contributed by atoms with Crippen LogP contribution in [-0.2, 0) is 9.53 Å². The predicted octanol–water partition coefficient (Wildman–Crippen LogP) is 5.22. The van der Waals surface area contributed by atoms with Crippen molar-refractivity contribution in [1.82, 2.24) is 0 Å². The van der Waals surface area contributed by atoms with Crippen LogP contribution in [0.5, 0.6) is 0 Å². The number of hydrogen-bond acceptors (Lipinski definition) is 4. The van der Waals surface area contributed by atoms with Crippen LogP contribution >= 0.6 is 11.6 Å². The molecular weight excluding hydrogens is 350 g/mol. The van der Waals surface area contributed by atoms with Crippen LogP contribution in [0.15, 0.2) is 22.6 Å². The second-order valence-electron chi connectivity index (χ2n) is 6.13. The van der Waals surface area contributed by atoms with Crippen LogP contribution in [0.1, 0.15) is 52.9 Å². The maximum absolute atomic E-state index is 12.9. The van der Waals surface area contributed by atoms with Crippen molar-refractivity contribution in [1.29, 1.82) is 0 Å². The van der Waals surface area contributed by atoms with Crippen molar-refractivity contribution in [2.45, 2.75) is 65.5 Å². The summed E-state index contributed by atoms with van der Waals surface area (Å²) in [4.78, 5) is 18.9. The van der Waals surface area contributed by atoms with E-state index in [9.17, 15) is 13.6 Å². The summed E-state index contributed by atoms with van der Waals surface area (Å²) < 4.78 is 30.8. The molecule has 1 heterocycles. The third-order valence-electron chi connectivity index (χ3n) is 4.24. The van der Waals surface area contributed by atoms with Crippen molar-refractivity contribution in [3.8, 4) is 0 Å². The van der Waals surface area contributed by atoms with E-state index in [0.29, 0.717) is 0 Å². The monoisotopic (exact) mass is 376 g/mol. The van der Waals surface area contributed by atoms with Crippen molar-refractivity contribution < 1.29 is 18.3 Å². The smallest absolute Gasteiger partial charge is 0.332 e. The van der Waals surface area contributed by atoms with E-state index in [1.54, 1.807) is 0 Å². The Morgan fingerprint density at radius 3 is 2.60 bits per heavy atom. The lowest BCUT2D eigenvalue weighted by molar-refractivity contribution is -0.144. The zero-order chi connectivity index (χ0) is 19.0. The van der Waals surface area contributed by atoms with E-state index >= 15 is 0 Å². The number of carbonyl (C=O) groups excluding carboxylic acids is 1. The lowest BCUT2D eigenvalue weighted by Crippen LogP contribution is -2.38. The number of hydrogen-bond donors (Lipinski definition) is 0. The predicted molar refractivity (Wildman–Crippen MR) is 97.4 cm³/mol. The highest BCUT2D eigenvalue weighted by Crippen LogP contribution is 2.36. The highest BCUT2D eigenvalue weighted by atomic mass is 35.5. The highest BCUT2D eigenvalue weighted by molar-refractivity contribution is 6.66. The van der Waals surface area contributed by atoms with Crippen molar-refractivity contribution in [3.63, 3.8) is 0 Å². The van der Waals surface area contributed by atoms with Crippen LogP contribution < -0.4 is 0 Å². The lowest BCUT2D eigenvalue weighted by Gasteiger charge is -2.30. The molecule has 1 saturated carbocycles. The van der Waals surface area contributed by atoms with Gasteiger partial charge in [-0.05, 0) is 18.3 Å². The summed E-state index contributed by atoms with van der Waals surface area (Å²) in [5.41, 5.74) is 0. The molecule has 0 aromatic heterocycles. The van der Waals surface area contributed by atoms with E-state index in [2.05, 4.69) is 16.6 Å². The first kappa shape index (κ1) is 21.7. The Balaban J connectivity index is 0.00000151. The zero-order valence-corrected chi connectivity index (χ0v) is 15.8. The fourth-order valence-corrected chi connectivity index (χ4v) is 3.15. The summed E-state index contributed by atoms with van der Waals surface area (Å²) in [5, 5.41) is 0.0242. The summed E-state index contributed by atoms with van der Waals surface area (Å²) >= 11 is 6.11. The summed E-state index contributed by atoms with van der Waals surface area (Å²) in [6.07, 6.45) is 2.67. The number of carbonyl (C=O) groups is 1. The number of aliphatic imine (C=N–C) groups is 2. The van der Waals surface area contributed by atoms with Crippen LogP contribution in [0.25, 0.3) is 0 Å². The minimum atomic E-state index is -2.86. The molecule has 1 fully saturated rings. The van der Waals surface area contributed by atoms with Gasteiger partial charge in [-0.3, -0.25) is 0 Å². The van der Waals surface area contributed by atoms with Crippen molar-refractivity contribution in [2.75, 3.05) is 0 Å². The van der Waals surface area contributed by atoms with Gasteiger partial charge in [0.1, 0.15) is 5.17 Å². The molecule has 3 atom stereocenters. The molecule has 2 aliphatic rings. The number of rotatable bonds is 8. The van der Waals surface area contributed by atoms with E-state index < -0.39 is 30.4 Å². The number of esters is 1. The molecule has 7 heteroatoms. The molecule has 0 radical (unpaired) electrons. The van der Waals surface area contributed by atoms with Gasteiger partial charge in [0, 0.05) is 6.08 Å². The quantitative estimate of drug-likeness (QED) is 0.431. The minimum Gasteiger partial charge on any atom is -0.436 e. The van der Waals surface area contributed by atoms with Gasteiger partial charge in [0.2, 0.25) is 6.23 Å². The zero-order valence-electron chi connectivity index (χ0n) is 15.1. The van der Waals surface area contributed by atoms with Gasteiger partial charge in [0.15, 0.2) is 5.84 Å². The van der Waals surface area contributed by atoms with E-state index in [4.69, 9.17) is 16.3 Å². The van der Waals surface area contributed by atoms with Crippen molar-refractivity contribution >= 4 is 28.6 Å².